The molecule has 0 amide bonds. The maximum Gasteiger partial charge on any atom is 0.0837 e. The topological polar surface area (TPSA) is 46.4 Å². The minimum absolute atomic E-state index is 0.0330. The SMILES string of the molecule is CN(Cc1ccccn1)C1COC2(CCN(Cc3cnn(C)c3)C2)C1. The molecular weight excluding hydrogens is 314 g/mol. The molecular formula is C19H27N5O. The molecule has 2 saturated heterocycles. The zero-order valence-corrected chi connectivity index (χ0v) is 15.1. The van der Waals surface area contributed by atoms with E-state index in [1.165, 1.54) is 5.56 Å². The van der Waals surface area contributed by atoms with E-state index in [1.54, 1.807) is 0 Å². The summed E-state index contributed by atoms with van der Waals surface area (Å²) in [5.74, 6) is 0. The van der Waals surface area contributed by atoms with Crippen molar-refractivity contribution in [3.8, 4) is 0 Å². The van der Waals surface area contributed by atoms with Crippen LogP contribution in [0.5, 0.6) is 0 Å². The predicted molar refractivity (Wildman–Crippen MR) is 95.9 cm³/mol. The first-order chi connectivity index (χ1) is 12.1. The lowest BCUT2D eigenvalue weighted by Gasteiger charge is -2.26. The van der Waals surface area contributed by atoms with Gasteiger partial charge < -0.3 is 4.74 Å². The Morgan fingerprint density at radius 3 is 3.08 bits per heavy atom. The summed E-state index contributed by atoms with van der Waals surface area (Å²) in [6.07, 6.45) is 8.16. The Kier molecular flexibility index (Phi) is 4.58. The lowest BCUT2D eigenvalue weighted by Crippen LogP contribution is -2.36. The molecule has 1 spiro atoms. The number of hydrogen-bond donors (Lipinski definition) is 0. The van der Waals surface area contributed by atoms with Crippen LogP contribution >= 0.6 is 0 Å². The summed E-state index contributed by atoms with van der Waals surface area (Å²) in [5, 5.41) is 4.27. The van der Waals surface area contributed by atoms with Crippen LogP contribution in [0.25, 0.3) is 0 Å². The Balaban J connectivity index is 1.32. The van der Waals surface area contributed by atoms with E-state index in [0.717, 1.165) is 51.3 Å². The molecule has 2 aliphatic rings. The highest BCUT2D eigenvalue weighted by Gasteiger charge is 2.46. The van der Waals surface area contributed by atoms with Crippen molar-refractivity contribution < 1.29 is 4.74 Å². The second kappa shape index (κ2) is 6.86. The van der Waals surface area contributed by atoms with Gasteiger partial charge in [0, 0.05) is 57.2 Å². The molecule has 2 aromatic heterocycles. The van der Waals surface area contributed by atoms with Crippen molar-refractivity contribution in [1.82, 2.24) is 24.6 Å². The van der Waals surface area contributed by atoms with Crippen LogP contribution in [0.2, 0.25) is 0 Å². The normalized spacial score (nSPS) is 26.9. The highest BCUT2D eigenvalue weighted by atomic mass is 16.5. The first kappa shape index (κ1) is 16.7. The molecule has 2 atom stereocenters. The molecule has 25 heavy (non-hydrogen) atoms. The van der Waals surface area contributed by atoms with Crippen molar-refractivity contribution in [3.63, 3.8) is 0 Å². The summed E-state index contributed by atoms with van der Waals surface area (Å²) in [7, 11) is 4.15. The van der Waals surface area contributed by atoms with Crippen molar-refractivity contribution >= 4 is 0 Å². The second-order valence-electron chi connectivity index (χ2n) is 7.57. The van der Waals surface area contributed by atoms with Crippen LogP contribution in [-0.4, -0.2) is 63.0 Å². The van der Waals surface area contributed by atoms with Crippen LogP contribution in [0, 0.1) is 0 Å². The van der Waals surface area contributed by atoms with Gasteiger partial charge in [-0.05, 0) is 32.0 Å². The molecule has 6 heteroatoms. The van der Waals surface area contributed by atoms with E-state index in [0.29, 0.717) is 6.04 Å². The van der Waals surface area contributed by atoms with E-state index in [2.05, 4.69) is 45.3 Å². The van der Waals surface area contributed by atoms with E-state index in [4.69, 9.17) is 4.74 Å². The van der Waals surface area contributed by atoms with Crippen molar-refractivity contribution in [1.29, 1.82) is 0 Å². The Morgan fingerprint density at radius 2 is 2.32 bits per heavy atom. The standard InChI is InChI=1S/C19H27N5O/c1-22(13-17-5-3-4-7-20-17)18-9-19(25-14-18)6-8-24(15-19)12-16-10-21-23(2)11-16/h3-5,7,10-11,18H,6,8-9,12-15H2,1-2H3. The first-order valence-corrected chi connectivity index (χ1v) is 9.06. The van der Waals surface area contributed by atoms with Crippen molar-refractivity contribution in [3.05, 3.63) is 48.0 Å². The average Bonchev–Trinajstić information content (AvgIpc) is 3.31. The number of hydrogen-bond acceptors (Lipinski definition) is 5. The number of nitrogens with zero attached hydrogens (tertiary/aromatic N) is 5. The molecule has 4 rings (SSSR count). The number of rotatable bonds is 5. The summed E-state index contributed by atoms with van der Waals surface area (Å²) in [6, 6.07) is 6.58. The molecule has 2 unspecified atom stereocenters. The van der Waals surface area contributed by atoms with Gasteiger partial charge in [0.2, 0.25) is 0 Å². The van der Waals surface area contributed by atoms with Crippen LogP contribution in [0.4, 0.5) is 0 Å². The molecule has 2 aliphatic heterocycles. The summed E-state index contributed by atoms with van der Waals surface area (Å²) in [4.78, 5) is 9.33. The summed E-state index contributed by atoms with van der Waals surface area (Å²) < 4.78 is 8.19. The third-order valence-electron chi connectivity index (χ3n) is 5.51. The van der Waals surface area contributed by atoms with E-state index in [1.807, 2.05) is 30.2 Å². The highest BCUT2D eigenvalue weighted by molar-refractivity contribution is 5.07. The fourth-order valence-electron chi connectivity index (χ4n) is 4.14. The minimum atomic E-state index is 0.0330. The third kappa shape index (κ3) is 3.76. The van der Waals surface area contributed by atoms with Crippen LogP contribution in [-0.2, 0) is 24.9 Å². The number of likely N-dealkylation sites (N-methyl/N-ethyl adjacent to an activating group) is 1. The van der Waals surface area contributed by atoms with Gasteiger partial charge in [-0.25, -0.2) is 0 Å². The fraction of sp³-hybridized carbons (Fsp3) is 0.579. The van der Waals surface area contributed by atoms with Gasteiger partial charge in [-0.3, -0.25) is 19.5 Å². The zero-order valence-electron chi connectivity index (χ0n) is 15.1. The molecule has 0 N–H and O–H groups in total. The van der Waals surface area contributed by atoms with Crippen LogP contribution in [0.3, 0.4) is 0 Å². The fourth-order valence-corrected chi connectivity index (χ4v) is 4.14. The quantitative estimate of drug-likeness (QED) is 0.828. The summed E-state index contributed by atoms with van der Waals surface area (Å²) >= 11 is 0. The molecule has 0 aliphatic carbocycles. The van der Waals surface area contributed by atoms with Crippen molar-refractivity contribution in [2.45, 2.75) is 37.6 Å². The molecule has 2 fully saturated rings. The van der Waals surface area contributed by atoms with E-state index >= 15 is 0 Å². The smallest absolute Gasteiger partial charge is 0.0837 e. The summed E-state index contributed by atoms with van der Waals surface area (Å²) in [5.41, 5.74) is 2.43. The van der Waals surface area contributed by atoms with E-state index in [-0.39, 0.29) is 5.60 Å². The van der Waals surface area contributed by atoms with Gasteiger partial charge in [-0.15, -0.1) is 0 Å². The van der Waals surface area contributed by atoms with Gasteiger partial charge in [0.15, 0.2) is 0 Å². The number of pyridine rings is 1. The molecule has 6 nitrogen and oxygen atoms in total. The van der Waals surface area contributed by atoms with E-state index in [9.17, 15) is 0 Å². The van der Waals surface area contributed by atoms with Crippen molar-refractivity contribution in [2.24, 2.45) is 7.05 Å². The Hall–Kier alpha value is -1.76. The molecule has 0 saturated carbocycles. The average molecular weight is 341 g/mol. The lowest BCUT2D eigenvalue weighted by atomic mass is 9.96. The zero-order chi connectivity index (χ0) is 17.3. The monoisotopic (exact) mass is 341 g/mol. The van der Waals surface area contributed by atoms with Crippen molar-refractivity contribution in [2.75, 3.05) is 26.7 Å². The number of ether oxygens (including phenoxy) is 1. The van der Waals surface area contributed by atoms with Gasteiger partial charge in [-0.2, -0.15) is 5.10 Å². The van der Waals surface area contributed by atoms with E-state index < -0.39 is 0 Å². The number of aryl methyl sites for hydroxylation is 1. The van der Waals surface area contributed by atoms with Gasteiger partial charge in [0.05, 0.1) is 24.1 Å². The lowest BCUT2D eigenvalue weighted by molar-refractivity contribution is 0.0102. The van der Waals surface area contributed by atoms with Crippen LogP contribution in [0.1, 0.15) is 24.1 Å². The second-order valence-corrected chi connectivity index (χ2v) is 7.57. The molecule has 0 radical (unpaired) electrons. The minimum Gasteiger partial charge on any atom is -0.372 e. The molecule has 0 bridgehead atoms. The van der Waals surface area contributed by atoms with Gasteiger partial charge in [-0.1, -0.05) is 6.07 Å². The molecule has 2 aromatic rings. The third-order valence-corrected chi connectivity index (χ3v) is 5.51. The summed E-state index contributed by atoms with van der Waals surface area (Å²) in [6.45, 7) is 4.79. The maximum atomic E-state index is 6.32. The molecule has 4 heterocycles. The number of aromatic nitrogens is 3. The largest absolute Gasteiger partial charge is 0.372 e. The highest BCUT2D eigenvalue weighted by Crippen LogP contribution is 2.37. The predicted octanol–water partition coefficient (Wildman–Crippen LogP) is 1.68. The Morgan fingerprint density at radius 1 is 1.40 bits per heavy atom. The number of likely N-dealkylation sites (tertiary alicyclic amines) is 1. The van der Waals surface area contributed by atoms with Gasteiger partial charge in [0.25, 0.3) is 0 Å². The Bertz CT molecular complexity index is 703. The van der Waals surface area contributed by atoms with Gasteiger partial charge >= 0.3 is 0 Å². The maximum absolute atomic E-state index is 6.32. The first-order valence-electron chi connectivity index (χ1n) is 9.06. The van der Waals surface area contributed by atoms with Crippen LogP contribution in [0.15, 0.2) is 36.8 Å². The van der Waals surface area contributed by atoms with Crippen LogP contribution < -0.4 is 0 Å². The molecule has 134 valence electrons. The Labute approximate surface area is 149 Å². The van der Waals surface area contributed by atoms with Gasteiger partial charge in [0.1, 0.15) is 0 Å². The molecule has 0 aromatic carbocycles.